The number of aromatic nitrogens is 2. The topological polar surface area (TPSA) is 121 Å². The second kappa shape index (κ2) is 7.57. The van der Waals surface area contributed by atoms with Gasteiger partial charge in [0, 0.05) is 18.8 Å². The molecular weight excluding hydrogens is 260 g/mol. The Morgan fingerprint density at radius 2 is 1.80 bits per heavy atom. The van der Waals surface area contributed by atoms with Crippen LogP contribution in [-0.4, -0.2) is 26.1 Å². The van der Waals surface area contributed by atoms with Crippen LogP contribution in [0.3, 0.4) is 0 Å². The number of anilines is 2. The number of aromatic hydroxyl groups is 2. The Labute approximate surface area is 116 Å². The van der Waals surface area contributed by atoms with E-state index < -0.39 is 0 Å². The maximum absolute atomic E-state index is 10.9. The van der Waals surface area contributed by atoms with Gasteiger partial charge in [-0.25, -0.2) is 9.97 Å². The van der Waals surface area contributed by atoms with Gasteiger partial charge in [-0.1, -0.05) is 6.92 Å². The summed E-state index contributed by atoms with van der Waals surface area (Å²) in [5, 5.41) is 20.4. The van der Waals surface area contributed by atoms with Crippen molar-refractivity contribution < 1.29 is 15.0 Å². The van der Waals surface area contributed by atoms with Gasteiger partial charge in [-0.15, -0.1) is 0 Å². The lowest BCUT2D eigenvalue weighted by Crippen LogP contribution is -2.10. The van der Waals surface area contributed by atoms with Crippen LogP contribution in [0.1, 0.15) is 13.3 Å². The maximum atomic E-state index is 10.9. The van der Waals surface area contributed by atoms with E-state index in [1.54, 1.807) is 19.1 Å². The molecule has 0 bridgehead atoms. The van der Waals surface area contributed by atoms with E-state index in [4.69, 9.17) is 10.8 Å². The molecule has 0 unspecified atom stereocenters. The summed E-state index contributed by atoms with van der Waals surface area (Å²) in [7, 11) is 0. The monoisotopic (exact) mass is 276 g/mol. The molecule has 2 aromatic heterocycles. The van der Waals surface area contributed by atoms with E-state index in [2.05, 4.69) is 15.3 Å². The molecule has 7 heteroatoms. The Kier molecular flexibility index (Phi) is 5.76. The van der Waals surface area contributed by atoms with Gasteiger partial charge >= 0.3 is 0 Å². The van der Waals surface area contributed by atoms with Crippen LogP contribution < -0.4 is 11.1 Å². The largest absolute Gasteiger partial charge is 0.504 e. The first-order valence-electron chi connectivity index (χ1n) is 5.87. The van der Waals surface area contributed by atoms with Gasteiger partial charge in [-0.2, -0.15) is 0 Å². The molecule has 0 aromatic carbocycles. The number of nitrogens with two attached hydrogens (primary N) is 1. The zero-order valence-electron chi connectivity index (χ0n) is 10.9. The number of hydrogen-bond acceptors (Lipinski definition) is 6. The van der Waals surface area contributed by atoms with Gasteiger partial charge in [0.2, 0.25) is 5.91 Å². The SMILES string of the molecule is CCC(=O)Nc1ncccc1O.Nc1ncccc1O. The number of amides is 1. The molecule has 2 rings (SSSR count). The van der Waals surface area contributed by atoms with E-state index in [1.807, 2.05) is 0 Å². The molecule has 1 amide bonds. The number of carbonyl (C=O) groups excluding carboxylic acids is 1. The second-order valence-electron chi connectivity index (χ2n) is 3.68. The summed E-state index contributed by atoms with van der Waals surface area (Å²) in [5.74, 6) is 0.243. The number of pyridine rings is 2. The Morgan fingerprint density at radius 1 is 1.20 bits per heavy atom. The van der Waals surface area contributed by atoms with Crippen LogP contribution in [0.5, 0.6) is 11.5 Å². The van der Waals surface area contributed by atoms with Gasteiger partial charge in [-0.3, -0.25) is 4.79 Å². The third kappa shape index (κ3) is 4.81. The quantitative estimate of drug-likeness (QED) is 0.659. The molecule has 0 aliphatic carbocycles. The first-order valence-corrected chi connectivity index (χ1v) is 5.87. The molecule has 20 heavy (non-hydrogen) atoms. The molecule has 0 aliphatic heterocycles. The molecule has 0 spiro atoms. The summed E-state index contributed by atoms with van der Waals surface area (Å²) in [4.78, 5) is 18.3. The lowest BCUT2D eigenvalue weighted by Gasteiger charge is -2.02. The summed E-state index contributed by atoms with van der Waals surface area (Å²) in [6.45, 7) is 1.73. The van der Waals surface area contributed by atoms with Gasteiger partial charge in [0.15, 0.2) is 23.1 Å². The maximum Gasteiger partial charge on any atom is 0.225 e. The van der Waals surface area contributed by atoms with E-state index in [-0.39, 0.29) is 29.0 Å². The second-order valence-corrected chi connectivity index (χ2v) is 3.68. The first-order chi connectivity index (χ1) is 9.54. The molecule has 5 N–H and O–H groups in total. The summed E-state index contributed by atoms with van der Waals surface area (Å²) in [5.41, 5.74) is 5.16. The van der Waals surface area contributed by atoms with Crippen LogP contribution in [0.4, 0.5) is 11.6 Å². The van der Waals surface area contributed by atoms with E-state index in [1.165, 1.54) is 24.5 Å². The number of rotatable bonds is 2. The number of hydrogen-bond donors (Lipinski definition) is 4. The molecule has 7 nitrogen and oxygen atoms in total. The van der Waals surface area contributed by atoms with Crippen molar-refractivity contribution in [1.82, 2.24) is 9.97 Å². The average Bonchev–Trinajstić information content (AvgIpc) is 2.45. The zero-order valence-corrected chi connectivity index (χ0v) is 10.9. The number of nitrogens with zero attached hydrogens (tertiary/aromatic N) is 2. The van der Waals surface area contributed by atoms with E-state index >= 15 is 0 Å². The van der Waals surface area contributed by atoms with Gasteiger partial charge in [-0.05, 0) is 24.3 Å². The number of carbonyl (C=O) groups is 1. The number of nitrogen functional groups attached to an aromatic ring is 1. The van der Waals surface area contributed by atoms with Crippen molar-refractivity contribution in [1.29, 1.82) is 0 Å². The molecule has 0 atom stereocenters. The van der Waals surface area contributed by atoms with Crippen LogP contribution in [0.25, 0.3) is 0 Å². The van der Waals surface area contributed by atoms with Gasteiger partial charge < -0.3 is 21.3 Å². The fourth-order valence-corrected chi connectivity index (χ4v) is 1.12. The van der Waals surface area contributed by atoms with E-state index in [0.29, 0.717) is 6.42 Å². The molecule has 2 heterocycles. The normalized spacial score (nSPS) is 9.25. The Bertz CT molecular complexity index is 554. The van der Waals surface area contributed by atoms with Gasteiger partial charge in [0.25, 0.3) is 0 Å². The standard InChI is InChI=1S/C8H10N2O2.C5H6N2O/c1-2-7(12)10-8-6(11)4-3-5-9-8;6-5-4(8)2-1-3-7-5/h3-5,11H,2H2,1H3,(H,9,10,12);1-3,8H,(H2,6,7). The van der Waals surface area contributed by atoms with Crippen molar-refractivity contribution in [2.75, 3.05) is 11.1 Å². The van der Waals surface area contributed by atoms with Crippen LogP contribution in [-0.2, 0) is 4.79 Å². The molecular formula is C13H16N4O3. The van der Waals surface area contributed by atoms with Crippen molar-refractivity contribution >= 4 is 17.5 Å². The molecule has 0 aliphatic rings. The minimum Gasteiger partial charge on any atom is -0.504 e. The summed E-state index contributed by atoms with van der Waals surface area (Å²) >= 11 is 0. The highest BCUT2D eigenvalue weighted by Crippen LogP contribution is 2.17. The smallest absolute Gasteiger partial charge is 0.225 e. The summed E-state index contributed by atoms with van der Waals surface area (Å²) in [6, 6.07) is 6.17. The Balaban J connectivity index is 0.000000217. The van der Waals surface area contributed by atoms with Crippen molar-refractivity contribution in [2.45, 2.75) is 13.3 Å². The summed E-state index contributed by atoms with van der Waals surface area (Å²) in [6.07, 6.45) is 3.40. The Morgan fingerprint density at radius 3 is 2.25 bits per heavy atom. The predicted octanol–water partition coefficient (Wildman–Crippen LogP) is 1.51. The highest BCUT2D eigenvalue weighted by atomic mass is 16.3. The van der Waals surface area contributed by atoms with Crippen molar-refractivity contribution in [2.24, 2.45) is 0 Å². The minimum absolute atomic E-state index is 0.0145. The highest BCUT2D eigenvalue weighted by Gasteiger charge is 2.03. The van der Waals surface area contributed by atoms with Crippen molar-refractivity contribution in [3.8, 4) is 11.5 Å². The van der Waals surface area contributed by atoms with Crippen LogP contribution in [0.2, 0.25) is 0 Å². The fourth-order valence-electron chi connectivity index (χ4n) is 1.12. The molecule has 0 saturated carbocycles. The van der Waals surface area contributed by atoms with Crippen LogP contribution in [0.15, 0.2) is 36.7 Å². The number of nitrogens with one attached hydrogen (secondary N) is 1. The Hall–Kier alpha value is -2.83. The van der Waals surface area contributed by atoms with Crippen LogP contribution in [0, 0.1) is 0 Å². The predicted molar refractivity (Wildman–Crippen MR) is 75.1 cm³/mol. The molecule has 106 valence electrons. The first kappa shape index (κ1) is 15.2. The van der Waals surface area contributed by atoms with E-state index in [9.17, 15) is 9.90 Å². The molecule has 2 aromatic rings. The van der Waals surface area contributed by atoms with E-state index in [0.717, 1.165) is 0 Å². The third-order valence-corrected chi connectivity index (χ3v) is 2.18. The lowest BCUT2D eigenvalue weighted by atomic mass is 10.4. The average molecular weight is 276 g/mol. The van der Waals surface area contributed by atoms with Crippen molar-refractivity contribution in [3.05, 3.63) is 36.7 Å². The lowest BCUT2D eigenvalue weighted by molar-refractivity contribution is -0.115. The molecule has 0 fully saturated rings. The van der Waals surface area contributed by atoms with Gasteiger partial charge in [0.1, 0.15) is 0 Å². The molecule has 0 saturated heterocycles. The fraction of sp³-hybridized carbons (Fsp3) is 0.154. The minimum atomic E-state index is -0.163. The highest BCUT2D eigenvalue weighted by molar-refractivity contribution is 5.90. The van der Waals surface area contributed by atoms with Gasteiger partial charge in [0.05, 0.1) is 0 Å². The third-order valence-electron chi connectivity index (χ3n) is 2.18. The van der Waals surface area contributed by atoms with Crippen molar-refractivity contribution in [3.63, 3.8) is 0 Å². The van der Waals surface area contributed by atoms with Crippen LogP contribution >= 0.6 is 0 Å². The zero-order chi connectivity index (χ0) is 15.0. The summed E-state index contributed by atoms with van der Waals surface area (Å²) < 4.78 is 0. The molecule has 0 radical (unpaired) electrons.